The third-order valence-corrected chi connectivity index (χ3v) is 6.86. The lowest BCUT2D eigenvalue weighted by atomic mass is 9.83. The van der Waals surface area contributed by atoms with Crippen LogP contribution in [0.15, 0.2) is 12.2 Å². The molecule has 2 fully saturated rings. The Morgan fingerprint density at radius 2 is 1.70 bits per heavy atom. The zero-order valence-electron chi connectivity index (χ0n) is 20.6. The van der Waals surface area contributed by atoms with Crippen LogP contribution in [-0.4, -0.2) is 126 Å². The molecule has 0 aromatic heterocycles. The molecule has 3 aliphatic rings. The largest absolute Gasteiger partial charge is 0.394 e. The van der Waals surface area contributed by atoms with E-state index in [1.165, 1.54) is 0 Å². The summed E-state index contributed by atoms with van der Waals surface area (Å²) in [6, 6.07) is -3.14. The molecule has 37 heavy (non-hydrogen) atoms. The molecule has 214 valence electrons. The molecule has 2 heterocycles. The normalized spacial score (nSPS) is 43.4. The van der Waals surface area contributed by atoms with E-state index in [4.69, 9.17) is 47.6 Å². The van der Waals surface area contributed by atoms with Crippen LogP contribution in [0.5, 0.6) is 0 Å². The maximum Gasteiger partial charge on any atom is 0.249 e. The lowest BCUT2D eigenvalue weighted by Crippen LogP contribution is -2.68. The van der Waals surface area contributed by atoms with Gasteiger partial charge in [-0.25, -0.2) is 0 Å². The molecule has 0 bridgehead atoms. The van der Waals surface area contributed by atoms with Crippen molar-refractivity contribution < 1.29 is 44.2 Å². The van der Waals surface area contributed by atoms with E-state index in [1.807, 2.05) is 0 Å². The summed E-state index contributed by atoms with van der Waals surface area (Å²) in [7, 11) is 0. The number of rotatable bonds is 10. The number of nitrogens with two attached hydrogens (primary N) is 5. The van der Waals surface area contributed by atoms with Crippen LogP contribution in [0, 0.1) is 0 Å². The van der Waals surface area contributed by atoms with Gasteiger partial charge in [0.25, 0.3) is 0 Å². The number of amides is 1. The van der Waals surface area contributed by atoms with Gasteiger partial charge in [0.1, 0.15) is 30.5 Å². The highest BCUT2D eigenvalue weighted by molar-refractivity contribution is 5.80. The Kier molecular flexibility index (Phi) is 11.2. The summed E-state index contributed by atoms with van der Waals surface area (Å²) in [6.45, 7) is -0.0849. The topological polar surface area (TPSA) is 277 Å². The first-order chi connectivity index (χ1) is 17.6. The van der Waals surface area contributed by atoms with Gasteiger partial charge in [-0.05, 0) is 25.8 Å². The Hall–Kier alpha value is -1.31. The SMILES string of the molecule is NCC[C@H](O)C(=O)N[C@@H]1C[C@H](N)C(O[C@H]2OC(CN)C=CC2N)C(O)[C@H]1O[C@H]1OC(CO)C[C@H](N)C1O. The highest BCUT2D eigenvalue weighted by Gasteiger charge is 2.49. The predicted octanol–water partition coefficient (Wildman–Crippen LogP) is -5.59. The second-order valence-corrected chi connectivity index (χ2v) is 9.74. The van der Waals surface area contributed by atoms with Crippen LogP contribution < -0.4 is 34.0 Å². The molecule has 2 aliphatic heterocycles. The van der Waals surface area contributed by atoms with Gasteiger partial charge in [-0.3, -0.25) is 4.79 Å². The zero-order chi connectivity index (χ0) is 27.3. The first-order valence-electron chi connectivity index (χ1n) is 12.5. The molecule has 6 unspecified atom stereocenters. The van der Waals surface area contributed by atoms with Gasteiger partial charge >= 0.3 is 0 Å². The maximum atomic E-state index is 12.6. The van der Waals surface area contributed by atoms with Crippen molar-refractivity contribution in [1.82, 2.24) is 5.32 Å². The Morgan fingerprint density at radius 3 is 2.35 bits per heavy atom. The number of aliphatic hydroxyl groups is 4. The lowest BCUT2D eigenvalue weighted by Gasteiger charge is -2.47. The molecule has 15 heteroatoms. The van der Waals surface area contributed by atoms with Crippen LogP contribution in [0.2, 0.25) is 0 Å². The summed E-state index contributed by atoms with van der Waals surface area (Å²) in [6.07, 6.45) is -6.16. The highest BCUT2D eigenvalue weighted by Crippen LogP contribution is 2.30. The van der Waals surface area contributed by atoms with Crippen molar-refractivity contribution in [3.8, 4) is 0 Å². The Morgan fingerprint density at radius 1 is 1.00 bits per heavy atom. The van der Waals surface area contributed by atoms with Gasteiger partial charge in [0.15, 0.2) is 12.6 Å². The molecule has 0 spiro atoms. The average molecular weight is 535 g/mol. The molecule has 15 N–H and O–H groups in total. The average Bonchev–Trinajstić information content (AvgIpc) is 2.87. The third-order valence-electron chi connectivity index (χ3n) is 6.86. The van der Waals surface area contributed by atoms with E-state index >= 15 is 0 Å². The lowest BCUT2D eigenvalue weighted by molar-refractivity contribution is -0.297. The van der Waals surface area contributed by atoms with E-state index in [9.17, 15) is 25.2 Å². The molecule has 13 atom stereocenters. The number of ether oxygens (including phenoxy) is 4. The molecule has 0 radical (unpaired) electrons. The van der Waals surface area contributed by atoms with Crippen LogP contribution in [-0.2, 0) is 23.7 Å². The monoisotopic (exact) mass is 534 g/mol. The van der Waals surface area contributed by atoms with Crippen LogP contribution in [0.3, 0.4) is 0 Å². The van der Waals surface area contributed by atoms with Gasteiger partial charge in [0, 0.05) is 18.6 Å². The second kappa shape index (κ2) is 13.7. The summed E-state index contributed by atoms with van der Waals surface area (Å²) in [5, 5.41) is 44.2. The minimum Gasteiger partial charge on any atom is -0.394 e. The highest BCUT2D eigenvalue weighted by atomic mass is 16.7. The molecule has 15 nitrogen and oxygen atoms in total. The van der Waals surface area contributed by atoms with Crippen LogP contribution in [0.4, 0.5) is 0 Å². The number of aliphatic hydroxyl groups excluding tert-OH is 4. The fourth-order valence-electron chi connectivity index (χ4n) is 4.72. The molecule has 1 saturated heterocycles. The summed E-state index contributed by atoms with van der Waals surface area (Å²) in [4.78, 5) is 12.6. The molecular weight excluding hydrogens is 492 g/mol. The third kappa shape index (κ3) is 7.42. The van der Waals surface area contributed by atoms with Crippen molar-refractivity contribution in [1.29, 1.82) is 0 Å². The Balaban J connectivity index is 1.81. The first kappa shape index (κ1) is 30.2. The number of carbonyl (C=O) groups is 1. The van der Waals surface area contributed by atoms with Gasteiger partial charge in [0.2, 0.25) is 5.91 Å². The van der Waals surface area contributed by atoms with Crippen molar-refractivity contribution in [3.63, 3.8) is 0 Å². The second-order valence-electron chi connectivity index (χ2n) is 9.74. The van der Waals surface area contributed by atoms with Crippen molar-refractivity contribution in [2.75, 3.05) is 19.7 Å². The van der Waals surface area contributed by atoms with Gasteiger partial charge in [0.05, 0.1) is 30.9 Å². The van der Waals surface area contributed by atoms with Crippen molar-refractivity contribution in [2.24, 2.45) is 28.7 Å². The minimum absolute atomic E-state index is 0.0225. The molecular formula is C22H42N6O9. The summed E-state index contributed by atoms with van der Waals surface area (Å²) >= 11 is 0. The number of hydrogen-bond donors (Lipinski definition) is 10. The molecule has 1 amide bonds. The minimum atomic E-state index is -1.46. The number of carbonyl (C=O) groups excluding carboxylic acids is 1. The van der Waals surface area contributed by atoms with Crippen molar-refractivity contribution in [2.45, 2.75) is 98.7 Å². The summed E-state index contributed by atoms with van der Waals surface area (Å²) in [5.41, 5.74) is 29.5. The zero-order valence-corrected chi connectivity index (χ0v) is 20.6. The summed E-state index contributed by atoms with van der Waals surface area (Å²) < 4.78 is 23.4. The summed E-state index contributed by atoms with van der Waals surface area (Å²) in [5.74, 6) is -0.730. The van der Waals surface area contributed by atoms with Crippen LogP contribution in [0.1, 0.15) is 19.3 Å². The van der Waals surface area contributed by atoms with Crippen molar-refractivity contribution in [3.05, 3.63) is 12.2 Å². The Labute approximate surface area is 215 Å². The van der Waals surface area contributed by atoms with Crippen LogP contribution in [0.25, 0.3) is 0 Å². The molecule has 3 rings (SSSR count). The number of hydrogen-bond acceptors (Lipinski definition) is 14. The van der Waals surface area contributed by atoms with E-state index in [2.05, 4.69) is 5.32 Å². The fourth-order valence-corrected chi connectivity index (χ4v) is 4.72. The van der Waals surface area contributed by atoms with E-state index in [-0.39, 0.29) is 39.0 Å². The van der Waals surface area contributed by atoms with Crippen LogP contribution >= 0.6 is 0 Å². The van der Waals surface area contributed by atoms with E-state index in [0.29, 0.717) is 0 Å². The van der Waals surface area contributed by atoms with Gasteiger partial charge < -0.3 is 73.4 Å². The van der Waals surface area contributed by atoms with Gasteiger partial charge in [-0.15, -0.1) is 0 Å². The van der Waals surface area contributed by atoms with E-state index < -0.39 is 85.4 Å². The molecule has 1 aliphatic carbocycles. The van der Waals surface area contributed by atoms with Crippen molar-refractivity contribution >= 4 is 5.91 Å². The first-order valence-corrected chi connectivity index (χ1v) is 12.5. The molecule has 0 aromatic rings. The predicted molar refractivity (Wildman–Crippen MR) is 129 cm³/mol. The quantitative estimate of drug-likeness (QED) is 0.117. The van der Waals surface area contributed by atoms with E-state index in [0.717, 1.165) is 0 Å². The number of nitrogens with one attached hydrogen (secondary N) is 1. The standard InChI is InChI=1S/C22H42N6O9/c23-4-3-15(30)20(33)28-14-6-13(27)18(36-21-11(25)2-1-9(7-24)34-21)17(32)19(14)37-22-16(31)12(26)5-10(8-29)35-22/h1-2,9-19,21-22,29-32H,3-8,23-27H2,(H,28,33)/t9?,10?,11?,12-,13-,14+,15-,16?,17?,18?,19-,21+,22+/m0/s1. The molecule has 1 saturated carbocycles. The van der Waals surface area contributed by atoms with Gasteiger partial charge in [-0.2, -0.15) is 0 Å². The Bertz CT molecular complexity index is 766. The maximum absolute atomic E-state index is 12.6. The van der Waals surface area contributed by atoms with E-state index in [1.54, 1.807) is 12.2 Å². The van der Waals surface area contributed by atoms with Gasteiger partial charge in [-0.1, -0.05) is 12.2 Å². The molecule has 0 aromatic carbocycles. The fraction of sp³-hybridized carbons (Fsp3) is 0.864. The smallest absolute Gasteiger partial charge is 0.249 e.